The summed E-state index contributed by atoms with van der Waals surface area (Å²) >= 11 is 0. The van der Waals surface area contributed by atoms with Crippen LogP contribution in [0.1, 0.15) is 59.4 Å². The first-order valence-corrected chi connectivity index (χ1v) is 9.69. The molecule has 2 atom stereocenters. The van der Waals surface area contributed by atoms with Gasteiger partial charge in [-0.1, -0.05) is 58.0 Å². The Bertz CT molecular complexity index is 610. The Morgan fingerprint density at radius 3 is 2.07 bits per heavy atom. The molecule has 1 amide bonds. The Hall–Kier alpha value is -2.17. The highest BCUT2D eigenvalue weighted by molar-refractivity contribution is 5.91. The zero-order chi connectivity index (χ0) is 20.4. The number of hydrogen-bond acceptors (Lipinski definition) is 4. The smallest absolute Gasteiger partial charge is 0.408 e. The van der Waals surface area contributed by atoms with E-state index in [2.05, 4.69) is 5.32 Å². The van der Waals surface area contributed by atoms with E-state index in [9.17, 15) is 14.4 Å². The Morgan fingerprint density at radius 2 is 1.56 bits per heavy atom. The number of Topliss-reactive ketones (excluding diaryl/α,β-unsaturated/α-hetero) is 2. The van der Waals surface area contributed by atoms with Crippen LogP contribution in [0.15, 0.2) is 30.3 Å². The molecule has 0 heterocycles. The fourth-order valence-corrected chi connectivity index (χ4v) is 3.00. The first-order valence-electron chi connectivity index (χ1n) is 9.69. The Labute approximate surface area is 162 Å². The molecule has 0 unspecified atom stereocenters. The first-order chi connectivity index (χ1) is 12.7. The lowest BCUT2D eigenvalue weighted by atomic mass is 9.86. The number of amides is 1. The highest BCUT2D eigenvalue weighted by atomic mass is 16.5. The van der Waals surface area contributed by atoms with E-state index < -0.39 is 12.1 Å². The molecule has 1 N–H and O–H groups in total. The molecule has 0 saturated heterocycles. The lowest BCUT2D eigenvalue weighted by Gasteiger charge is -2.22. The third-order valence-electron chi connectivity index (χ3n) is 4.38. The van der Waals surface area contributed by atoms with Gasteiger partial charge in [0.1, 0.15) is 12.4 Å². The topological polar surface area (TPSA) is 72.5 Å². The number of hydrogen-bond donors (Lipinski definition) is 1. The maximum atomic E-state index is 12.8. The van der Waals surface area contributed by atoms with Gasteiger partial charge in [0.25, 0.3) is 0 Å². The van der Waals surface area contributed by atoms with Gasteiger partial charge >= 0.3 is 6.09 Å². The van der Waals surface area contributed by atoms with Crippen molar-refractivity contribution in [1.82, 2.24) is 5.32 Å². The number of ketones is 2. The summed E-state index contributed by atoms with van der Waals surface area (Å²) in [5, 5.41) is 2.69. The summed E-state index contributed by atoms with van der Waals surface area (Å²) in [7, 11) is 0. The van der Waals surface area contributed by atoms with Crippen molar-refractivity contribution in [3.63, 3.8) is 0 Å². The van der Waals surface area contributed by atoms with Gasteiger partial charge in [-0.15, -0.1) is 0 Å². The summed E-state index contributed by atoms with van der Waals surface area (Å²) in [6.07, 6.45) is 0.740. The van der Waals surface area contributed by atoms with Crippen molar-refractivity contribution in [2.75, 3.05) is 0 Å². The van der Waals surface area contributed by atoms with Gasteiger partial charge in [0.2, 0.25) is 0 Å². The van der Waals surface area contributed by atoms with Crippen LogP contribution < -0.4 is 5.32 Å². The number of benzene rings is 1. The molecule has 0 aliphatic rings. The zero-order valence-electron chi connectivity index (χ0n) is 17.2. The molecule has 0 fully saturated rings. The molecule has 0 bridgehead atoms. The molecule has 150 valence electrons. The van der Waals surface area contributed by atoms with E-state index in [1.165, 1.54) is 6.92 Å². The van der Waals surface area contributed by atoms with Gasteiger partial charge in [-0.2, -0.15) is 0 Å². The van der Waals surface area contributed by atoms with Crippen molar-refractivity contribution >= 4 is 17.7 Å². The van der Waals surface area contributed by atoms with Crippen LogP contribution in [0.4, 0.5) is 4.79 Å². The molecule has 5 nitrogen and oxygen atoms in total. The summed E-state index contributed by atoms with van der Waals surface area (Å²) in [5.41, 5.74) is 0.882. The number of ether oxygens (including phenoxy) is 1. The predicted molar refractivity (Wildman–Crippen MR) is 106 cm³/mol. The number of carbonyl (C=O) groups excluding carboxylic acids is 3. The number of rotatable bonds is 11. The van der Waals surface area contributed by atoms with E-state index in [1.54, 1.807) is 0 Å². The number of nitrogens with one attached hydrogen (secondary N) is 1. The molecule has 27 heavy (non-hydrogen) atoms. The van der Waals surface area contributed by atoms with Crippen molar-refractivity contribution in [3.05, 3.63) is 35.9 Å². The maximum absolute atomic E-state index is 12.8. The zero-order valence-corrected chi connectivity index (χ0v) is 17.2. The molecular weight excluding hydrogens is 342 g/mol. The van der Waals surface area contributed by atoms with E-state index in [-0.39, 0.29) is 36.4 Å². The van der Waals surface area contributed by atoms with E-state index in [0.29, 0.717) is 18.8 Å². The fourth-order valence-electron chi connectivity index (χ4n) is 3.00. The standard InChI is InChI=1S/C22H33NO4/c1-15(2)11-19(17(5)24)13-21(25)20(12-16(3)4)23-22(26)27-14-18-9-7-6-8-10-18/h6-10,15-16,19-20H,11-14H2,1-5H3,(H,23,26)/t19-,20+/m1/s1. The lowest BCUT2D eigenvalue weighted by molar-refractivity contribution is -0.128. The van der Waals surface area contributed by atoms with Crippen LogP contribution >= 0.6 is 0 Å². The average molecular weight is 376 g/mol. The second-order valence-corrected chi connectivity index (χ2v) is 8.00. The SMILES string of the molecule is CC(=O)[C@@H](CC(=O)[C@H](CC(C)C)NC(=O)OCc1ccccc1)CC(C)C. The molecule has 1 rings (SSSR count). The molecule has 0 saturated carbocycles. The van der Waals surface area contributed by atoms with Crippen molar-refractivity contribution in [2.45, 2.75) is 66.5 Å². The Morgan fingerprint density at radius 1 is 0.963 bits per heavy atom. The molecule has 1 aromatic carbocycles. The van der Waals surface area contributed by atoms with Crippen LogP contribution in [-0.4, -0.2) is 23.7 Å². The molecule has 0 aliphatic heterocycles. The van der Waals surface area contributed by atoms with Crippen LogP contribution in [0.2, 0.25) is 0 Å². The summed E-state index contributed by atoms with van der Waals surface area (Å²) in [4.78, 5) is 36.8. The Kier molecular flexibility index (Phi) is 9.76. The molecule has 1 aromatic rings. The van der Waals surface area contributed by atoms with Gasteiger partial charge in [0.05, 0.1) is 6.04 Å². The summed E-state index contributed by atoms with van der Waals surface area (Å²) in [6.45, 7) is 9.73. The molecular formula is C22H33NO4. The van der Waals surface area contributed by atoms with Gasteiger partial charge in [-0.05, 0) is 37.2 Å². The highest BCUT2D eigenvalue weighted by Gasteiger charge is 2.27. The second kappa shape index (κ2) is 11.5. The minimum atomic E-state index is -0.637. The van der Waals surface area contributed by atoms with Crippen molar-refractivity contribution in [3.8, 4) is 0 Å². The molecule has 0 aliphatic carbocycles. The quantitative estimate of drug-likeness (QED) is 0.616. The predicted octanol–water partition coefficient (Wildman–Crippen LogP) is 4.54. The van der Waals surface area contributed by atoms with Gasteiger partial charge < -0.3 is 10.1 Å². The molecule has 0 spiro atoms. The van der Waals surface area contributed by atoms with E-state index in [1.807, 2.05) is 58.0 Å². The minimum Gasteiger partial charge on any atom is -0.445 e. The molecule has 5 heteroatoms. The Balaban J connectivity index is 2.68. The van der Waals surface area contributed by atoms with Crippen molar-refractivity contribution < 1.29 is 19.1 Å². The average Bonchev–Trinajstić information content (AvgIpc) is 2.58. The molecule has 0 radical (unpaired) electrons. The van der Waals surface area contributed by atoms with Crippen molar-refractivity contribution in [2.24, 2.45) is 17.8 Å². The minimum absolute atomic E-state index is 0.0204. The first kappa shape index (κ1) is 22.9. The fraction of sp³-hybridized carbons (Fsp3) is 0.591. The molecule has 0 aromatic heterocycles. The van der Waals surface area contributed by atoms with Gasteiger partial charge in [0.15, 0.2) is 5.78 Å². The second-order valence-electron chi connectivity index (χ2n) is 8.00. The maximum Gasteiger partial charge on any atom is 0.408 e. The van der Waals surface area contributed by atoms with Gasteiger partial charge in [0, 0.05) is 12.3 Å². The third-order valence-corrected chi connectivity index (χ3v) is 4.38. The van der Waals surface area contributed by atoms with Crippen LogP contribution in [0.5, 0.6) is 0 Å². The number of alkyl carbamates (subject to hydrolysis) is 1. The van der Waals surface area contributed by atoms with Crippen LogP contribution in [0.3, 0.4) is 0 Å². The lowest BCUT2D eigenvalue weighted by Crippen LogP contribution is -2.43. The van der Waals surface area contributed by atoms with E-state index in [4.69, 9.17) is 4.74 Å². The van der Waals surface area contributed by atoms with Crippen LogP contribution in [0, 0.1) is 17.8 Å². The largest absolute Gasteiger partial charge is 0.445 e. The summed E-state index contributed by atoms with van der Waals surface area (Å²) in [6, 6.07) is 8.74. The van der Waals surface area contributed by atoms with E-state index >= 15 is 0 Å². The number of carbonyl (C=O) groups is 3. The van der Waals surface area contributed by atoms with Crippen LogP contribution in [-0.2, 0) is 20.9 Å². The summed E-state index contributed by atoms with van der Waals surface area (Å²) in [5.74, 6) is 0.177. The third kappa shape index (κ3) is 9.36. The van der Waals surface area contributed by atoms with E-state index in [0.717, 1.165) is 5.56 Å². The summed E-state index contributed by atoms with van der Waals surface area (Å²) < 4.78 is 5.24. The highest BCUT2D eigenvalue weighted by Crippen LogP contribution is 2.19. The van der Waals surface area contributed by atoms with Crippen molar-refractivity contribution in [1.29, 1.82) is 0 Å². The van der Waals surface area contributed by atoms with Crippen LogP contribution in [0.25, 0.3) is 0 Å². The van der Waals surface area contributed by atoms with Gasteiger partial charge in [-0.3, -0.25) is 9.59 Å². The monoisotopic (exact) mass is 375 g/mol. The van der Waals surface area contributed by atoms with Gasteiger partial charge in [-0.25, -0.2) is 4.79 Å². The normalized spacial score (nSPS) is 13.3.